The summed E-state index contributed by atoms with van der Waals surface area (Å²) in [6.07, 6.45) is 2.31. The number of hydrogen-bond acceptors (Lipinski definition) is 5. The molecule has 1 amide bonds. The molecular formula is C23H26N4O4. The van der Waals surface area contributed by atoms with E-state index in [1.165, 1.54) is 4.57 Å². The molecular weight excluding hydrogens is 396 g/mol. The molecule has 1 saturated heterocycles. The summed E-state index contributed by atoms with van der Waals surface area (Å²) < 4.78 is 6.80. The molecule has 1 aliphatic rings. The first-order valence-electron chi connectivity index (χ1n) is 10.6. The van der Waals surface area contributed by atoms with Gasteiger partial charge in [-0.05, 0) is 49.9 Å². The van der Waals surface area contributed by atoms with Crippen LogP contribution >= 0.6 is 0 Å². The number of carbonyl (C=O) groups is 1. The van der Waals surface area contributed by atoms with Gasteiger partial charge in [0, 0.05) is 19.3 Å². The number of fused-ring (bicyclic) bond motifs is 1. The Morgan fingerprint density at radius 2 is 1.97 bits per heavy atom. The molecule has 162 valence electrons. The fourth-order valence-corrected chi connectivity index (χ4v) is 4.20. The average Bonchev–Trinajstić information content (AvgIpc) is 3.27. The fourth-order valence-electron chi connectivity index (χ4n) is 4.20. The van der Waals surface area contributed by atoms with Crippen molar-refractivity contribution < 1.29 is 9.53 Å². The van der Waals surface area contributed by atoms with Gasteiger partial charge in [-0.25, -0.2) is 9.78 Å². The van der Waals surface area contributed by atoms with Gasteiger partial charge < -0.3 is 9.64 Å². The van der Waals surface area contributed by atoms with Crippen molar-refractivity contribution in [3.8, 4) is 5.75 Å². The Kier molecular flexibility index (Phi) is 5.63. The van der Waals surface area contributed by atoms with Crippen LogP contribution in [0, 0.1) is 0 Å². The van der Waals surface area contributed by atoms with Crippen LogP contribution in [0.25, 0.3) is 11.0 Å². The summed E-state index contributed by atoms with van der Waals surface area (Å²) >= 11 is 0. The molecule has 1 fully saturated rings. The van der Waals surface area contributed by atoms with Crippen molar-refractivity contribution in [2.24, 2.45) is 7.05 Å². The van der Waals surface area contributed by atoms with E-state index < -0.39 is 11.2 Å². The van der Waals surface area contributed by atoms with Crippen LogP contribution in [-0.2, 0) is 13.5 Å². The number of aromatic nitrogens is 3. The highest BCUT2D eigenvalue weighted by Crippen LogP contribution is 2.34. The molecule has 8 heteroatoms. The first kappa shape index (κ1) is 20.8. The molecule has 2 aromatic heterocycles. The lowest BCUT2D eigenvalue weighted by molar-refractivity contribution is 0.0737. The molecule has 4 rings (SSSR count). The van der Waals surface area contributed by atoms with E-state index in [4.69, 9.17) is 4.74 Å². The number of likely N-dealkylation sites (tertiary alicyclic amines) is 1. The Hall–Kier alpha value is -3.42. The lowest BCUT2D eigenvalue weighted by Gasteiger charge is -2.26. The summed E-state index contributed by atoms with van der Waals surface area (Å²) in [6.45, 7) is 5.06. The number of aryl methyl sites for hydroxylation is 2. The summed E-state index contributed by atoms with van der Waals surface area (Å²) in [5, 5.41) is 0.154. The summed E-state index contributed by atoms with van der Waals surface area (Å²) in [7, 11) is 1.54. The maximum absolute atomic E-state index is 13.7. The Morgan fingerprint density at radius 1 is 1.23 bits per heavy atom. The van der Waals surface area contributed by atoms with E-state index >= 15 is 0 Å². The smallest absolute Gasteiger partial charge is 0.329 e. The van der Waals surface area contributed by atoms with Gasteiger partial charge in [0.2, 0.25) is 0 Å². The zero-order valence-corrected chi connectivity index (χ0v) is 18.0. The number of H-pyrrole nitrogens is 1. The monoisotopic (exact) mass is 422 g/mol. The topological polar surface area (TPSA) is 97.3 Å². The maximum Gasteiger partial charge on any atom is 0.329 e. The summed E-state index contributed by atoms with van der Waals surface area (Å²) in [5.74, 6) is 0.574. The lowest BCUT2D eigenvalue weighted by Crippen LogP contribution is -2.34. The van der Waals surface area contributed by atoms with Gasteiger partial charge in [-0.2, -0.15) is 0 Å². The van der Waals surface area contributed by atoms with Gasteiger partial charge in [-0.15, -0.1) is 0 Å². The standard InChI is InChI=1S/C23H26N4O4/c1-4-15-13-17(19-20(24-15)26(3)23(30)25-21(19)28)22(29)27-12-6-7-18(27)14-8-10-16(11-9-14)31-5-2/h8-11,13,18H,4-7,12H2,1-3H3,(H,25,28,30). The highest BCUT2D eigenvalue weighted by atomic mass is 16.5. The normalized spacial score (nSPS) is 16.1. The second-order valence-corrected chi connectivity index (χ2v) is 7.69. The molecule has 0 bridgehead atoms. The summed E-state index contributed by atoms with van der Waals surface area (Å²) in [6, 6.07) is 9.40. The average molecular weight is 422 g/mol. The molecule has 1 aliphatic heterocycles. The van der Waals surface area contributed by atoms with Crippen LogP contribution in [0.15, 0.2) is 39.9 Å². The molecule has 3 aromatic rings. The Bertz CT molecular complexity index is 1240. The van der Waals surface area contributed by atoms with Gasteiger partial charge in [0.1, 0.15) is 11.4 Å². The number of nitrogens with zero attached hydrogens (tertiary/aromatic N) is 3. The van der Waals surface area contributed by atoms with Gasteiger partial charge in [0.25, 0.3) is 11.5 Å². The minimum absolute atomic E-state index is 0.0805. The Balaban J connectivity index is 1.79. The molecule has 0 aliphatic carbocycles. The van der Waals surface area contributed by atoms with E-state index in [1.54, 1.807) is 13.1 Å². The van der Waals surface area contributed by atoms with E-state index in [2.05, 4.69) is 9.97 Å². The molecule has 31 heavy (non-hydrogen) atoms. The Morgan fingerprint density at radius 3 is 2.65 bits per heavy atom. The predicted octanol–water partition coefficient (Wildman–Crippen LogP) is 2.56. The molecule has 3 heterocycles. The van der Waals surface area contributed by atoms with Crippen molar-refractivity contribution in [1.82, 2.24) is 19.4 Å². The third kappa shape index (κ3) is 3.73. The quantitative estimate of drug-likeness (QED) is 0.682. The summed E-state index contributed by atoms with van der Waals surface area (Å²) in [5.41, 5.74) is 1.07. The molecule has 1 unspecified atom stereocenters. The van der Waals surface area contributed by atoms with E-state index in [0.717, 1.165) is 24.2 Å². The van der Waals surface area contributed by atoms with Gasteiger partial charge in [-0.3, -0.25) is 19.1 Å². The van der Waals surface area contributed by atoms with Gasteiger partial charge in [-0.1, -0.05) is 19.1 Å². The van der Waals surface area contributed by atoms with Crippen LogP contribution in [0.2, 0.25) is 0 Å². The van der Waals surface area contributed by atoms with Crippen molar-refractivity contribution in [3.05, 3.63) is 68.0 Å². The lowest BCUT2D eigenvalue weighted by atomic mass is 10.0. The SMILES string of the molecule is CCOc1ccc(C2CCCN2C(=O)c2cc(CC)nc3c2c(=O)[nH]c(=O)n3C)cc1. The predicted molar refractivity (Wildman–Crippen MR) is 118 cm³/mol. The van der Waals surface area contributed by atoms with Crippen molar-refractivity contribution in [2.45, 2.75) is 39.2 Å². The zero-order valence-electron chi connectivity index (χ0n) is 18.0. The first-order chi connectivity index (χ1) is 14.9. The van der Waals surface area contributed by atoms with E-state index in [0.29, 0.717) is 25.3 Å². The molecule has 0 saturated carbocycles. The van der Waals surface area contributed by atoms with Crippen LogP contribution < -0.4 is 16.0 Å². The first-order valence-corrected chi connectivity index (χ1v) is 10.6. The Labute approximate surface area is 179 Å². The number of aromatic amines is 1. The van der Waals surface area contributed by atoms with Crippen LogP contribution in [0.3, 0.4) is 0 Å². The van der Waals surface area contributed by atoms with Crippen LogP contribution in [0.5, 0.6) is 5.75 Å². The van der Waals surface area contributed by atoms with Crippen molar-refractivity contribution in [1.29, 1.82) is 0 Å². The molecule has 1 aromatic carbocycles. The molecule has 1 N–H and O–H groups in total. The van der Waals surface area contributed by atoms with Gasteiger partial charge in [0.15, 0.2) is 0 Å². The number of benzene rings is 1. The van der Waals surface area contributed by atoms with E-state index in [1.807, 2.05) is 43.0 Å². The number of amides is 1. The van der Waals surface area contributed by atoms with Crippen molar-refractivity contribution in [3.63, 3.8) is 0 Å². The highest BCUT2D eigenvalue weighted by molar-refractivity contribution is 6.05. The van der Waals surface area contributed by atoms with Gasteiger partial charge >= 0.3 is 5.69 Å². The number of pyridine rings is 1. The number of ether oxygens (including phenoxy) is 1. The van der Waals surface area contributed by atoms with Crippen LogP contribution in [0.1, 0.15) is 54.3 Å². The van der Waals surface area contributed by atoms with Crippen molar-refractivity contribution in [2.75, 3.05) is 13.2 Å². The van der Waals surface area contributed by atoms with Crippen LogP contribution in [0.4, 0.5) is 0 Å². The molecule has 1 atom stereocenters. The van der Waals surface area contributed by atoms with Gasteiger partial charge in [0.05, 0.1) is 23.6 Å². The number of hydrogen-bond donors (Lipinski definition) is 1. The largest absolute Gasteiger partial charge is 0.494 e. The number of rotatable bonds is 5. The van der Waals surface area contributed by atoms with Crippen molar-refractivity contribution >= 4 is 16.9 Å². The second kappa shape index (κ2) is 8.37. The van der Waals surface area contributed by atoms with E-state index in [9.17, 15) is 14.4 Å². The highest BCUT2D eigenvalue weighted by Gasteiger charge is 2.32. The summed E-state index contributed by atoms with van der Waals surface area (Å²) in [4.78, 5) is 46.9. The molecule has 8 nitrogen and oxygen atoms in total. The molecule has 0 radical (unpaired) electrons. The maximum atomic E-state index is 13.7. The fraction of sp³-hybridized carbons (Fsp3) is 0.391. The van der Waals surface area contributed by atoms with E-state index in [-0.39, 0.29) is 28.5 Å². The second-order valence-electron chi connectivity index (χ2n) is 7.69. The molecule has 0 spiro atoms. The third-order valence-corrected chi connectivity index (χ3v) is 5.81. The number of carbonyl (C=O) groups excluding carboxylic acids is 1. The minimum Gasteiger partial charge on any atom is -0.494 e. The third-order valence-electron chi connectivity index (χ3n) is 5.81. The number of nitrogens with one attached hydrogen (secondary N) is 1. The minimum atomic E-state index is -0.589. The zero-order chi connectivity index (χ0) is 22.1. The van der Waals surface area contributed by atoms with Crippen LogP contribution in [-0.4, -0.2) is 38.5 Å².